The van der Waals surface area contributed by atoms with Crippen LogP contribution < -0.4 is 10.6 Å². The minimum absolute atomic E-state index is 0.0412. The summed E-state index contributed by atoms with van der Waals surface area (Å²) in [6.45, 7) is 7.57. The summed E-state index contributed by atoms with van der Waals surface area (Å²) >= 11 is 0. The average molecular weight is 257 g/mol. The van der Waals surface area contributed by atoms with Crippen molar-refractivity contribution in [3.05, 3.63) is 0 Å². The van der Waals surface area contributed by atoms with Crippen LogP contribution in [0.5, 0.6) is 0 Å². The Morgan fingerprint density at radius 2 is 1.83 bits per heavy atom. The van der Waals surface area contributed by atoms with Gasteiger partial charge in [0.05, 0.1) is 0 Å². The lowest BCUT2D eigenvalue weighted by Crippen LogP contribution is -2.47. The highest BCUT2D eigenvalue weighted by Gasteiger charge is 2.22. The first-order chi connectivity index (χ1) is 8.38. The zero-order valence-electron chi connectivity index (χ0n) is 12.2. The molecule has 5 nitrogen and oxygen atoms in total. The summed E-state index contributed by atoms with van der Waals surface area (Å²) in [5.74, 6) is 0.255. The second-order valence-electron chi connectivity index (χ2n) is 5.09. The number of carbonyl (C=O) groups excluding carboxylic acids is 2. The van der Waals surface area contributed by atoms with E-state index in [-0.39, 0.29) is 11.8 Å². The van der Waals surface area contributed by atoms with Crippen LogP contribution >= 0.6 is 0 Å². The third kappa shape index (κ3) is 7.27. The van der Waals surface area contributed by atoms with Crippen LogP contribution in [0.1, 0.15) is 33.6 Å². The second-order valence-corrected chi connectivity index (χ2v) is 5.09. The highest BCUT2D eigenvalue weighted by atomic mass is 16.2. The van der Waals surface area contributed by atoms with Crippen molar-refractivity contribution in [1.82, 2.24) is 15.5 Å². The average Bonchev–Trinajstić information content (AvgIpc) is 2.26. The van der Waals surface area contributed by atoms with E-state index in [9.17, 15) is 9.59 Å². The van der Waals surface area contributed by atoms with Crippen molar-refractivity contribution in [1.29, 1.82) is 0 Å². The van der Waals surface area contributed by atoms with Crippen molar-refractivity contribution in [2.45, 2.75) is 39.7 Å². The first kappa shape index (κ1) is 16.9. The molecular formula is C13H27N3O2. The fourth-order valence-corrected chi connectivity index (χ4v) is 1.65. The molecule has 18 heavy (non-hydrogen) atoms. The molecule has 1 atom stereocenters. The number of nitrogens with zero attached hydrogens (tertiary/aromatic N) is 1. The van der Waals surface area contributed by atoms with Gasteiger partial charge >= 0.3 is 0 Å². The van der Waals surface area contributed by atoms with E-state index in [1.54, 1.807) is 14.1 Å². The number of nitrogens with one attached hydrogen (secondary N) is 2. The highest BCUT2D eigenvalue weighted by Crippen LogP contribution is 2.07. The molecule has 2 amide bonds. The molecule has 0 rings (SSSR count). The van der Waals surface area contributed by atoms with E-state index in [1.165, 1.54) is 4.90 Å². The van der Waals surface area contributed by atoms with Crippen molar-refractivity contribution in [3.63, 3.8) is 0 Å². The number of amides is 2. The highest BCUT2D eigenvalue weighted by molar-refractivity contribution is 5.87. The maximum absolute atomic E-state index is 11.9. The van der Waals surface area contributed by atoms with E-state index >= 15 is 0 Å². The second kappa shape index (κ2) is 8.91. The Labute approximate surface area is 110 Å². The lowest BCUT2D eigenvalue weighted by molar-refractivity contribution is -0.134. The minimum Gasteiger partial charge on any atom is -0.347 e. The third-order valence-corrected chi connectivity index (χ3v) is 2.56. The maximum Gasteiger partial charge on any atom is 0.244 e. The van der Waals surface area contributed by atoms with E-state index in [0.29, 0.717) is 25.3 Å². The van der Waals surface area contributed by atoms with Crippen LogP contribution in [0.2, 0.25) is 0 Å². The van der Waals surface area contributed by atoms with Crippen LogP contribution in [0.25, 0.3) is 0 Å². The Morgan fingerprint density at radius 3 is 2.28 bits per heavy atom. The van der Waals surface area contributed by atoms with E-state index in [4.69, 9.17) is 0 Å². The minimum atomic E-state index is -0.408. The van der Waals surface area contributed by atoms with Gasteiger partial charge in [-0.05, 0) is 18.9 Å². The van der Waals surface area contributed by atoms with E-state index < -0.39 is 6.04 Å². The van der Waals surface area contributed by atoms with Gasteiger partial charge in [-0.3, -0.25) is 9.59 Å². The summed E-state index contributed by atoms with van der Waals surface area (Å²) in [6.07, 6.45) is 1.08. The van der Waals surface area contributed by atoms with Gasteiger partial charge in [-0.1, -0.05) is 20.8 Å². The fourth-order valence-electron chi connectivity index (χ4n) is 1.65. The molecule has 106 valence electrons. The van der Waals surface area contributed by atoms with E-state index in [1.807, 2.05) is 20.8 Å². The Bertz CT molecular complexity index is 265. The topological polar surface area (TPSA) is 61.4 Å². The van der Waals surface area contributed by atoms with Crippen molar-refractivity contribution in [2.75, 3.05) is 27.2 Å². The summed E-state index contributed by atoms with van der Waals surface area (Å²) < 4.78 is 0. The molecule has 0 spiro atoms. The van der Waals surface area contributed by atoms with E-state index in [0.717, 1.165) is 6.54 Å². The molecule has 0 aromatic rings. The number of hydrogen-bond donors (Lipinski definition) is 2. The molecule has 0 aliphatic rings. The summed E-state index contributed by atoms with van der Waals surface area (Å²) in [5.41, 5.74) is 0. The summed E-state index contributed by atoms with van der Waals surface area (Å²) in [5, 5.41) is 5.91. The van der Waals surface area contributed by atoms with Gasteiger partial charge in [-0.2, -0.15) is 0 Å². The Hall–Kier alpha value is -1.10. The molecule has 1 unspecified atom stereocenters. The third-order valence-electron chi connectivity index (χ3n) is 2.56. The zero-order chi connectivity index (χ0) is 14.1. The summed E-state index contributed by atoms with van der Waals surface area (Å²) in [7, 11) is 3.42. The van der Waals surface area contributed by atoms with Crippen LogP contribution in [0, 0.1) is 5.92 Å². The van der Waals surface area contributed by atoms with Crippen molar-refractivity contribution in [2.24, 2.45) is 5.92 Å². The van der Waals surface area contributed by atoms with Crippen molar-refractivity contribution < 1.29 is 9.59 Å². The Kier molecular flexibility index (Phi) is 8.37. The molecule has 0 bridgehead atoms. The molecule has 0 aromatic carbocycles. The van der Waals surface area contributed by atoms with Crippen LogP contribution in [-0.2, 0) is 9.59 Å². The zero-order valence-corrected chi connectivity index (χ0v) is 12.2. The standard InChI is InChI=1S/C13H27N3O2/c1-6-14-8-7-12(17)15-11(9-10(2)3)13(18)16(4)5/h10-11,14H,6-9H2,1-5H3,(H,15,17). The molecule has 0 aromatic heterocycles. The first-order valence-corrected chi connectivity index (χ1v) is 6.59. The molecule has 0 heterocycles. The number of rotatable bonds is 8. The number of likely N-dealkylation sites (N-methyl/N-ethyl adjacent to an activating group) is 1. The predicted octanol–water partition coefficient (Wildman–Crippen LogP) is 0.605. The molecule has 0 saturated carbocycles. The molecule has 0 radical (unpaired) electrons. The lowest BCUT2D eigenvalue weighted by Gasteiger charge is -2.23. The first-order valence-electron chi connectivity index (χ1n) is 6.59. The van der Waals surface area contributed by atoms with Crippen LogP contribution in [-0.4, -0.2) is 49.9 Å². The summed E-state index contributed by atoms with van der Waals surface area (Å²) in [4.78, 5) is 25.2. The van der Waals surface area contributed by atoms with Crippen molar-refractivity contribution >= 4 is 11.8 Å². The van der Waals surface area contributed by atoms with Gasteiger partial charge < -0.3 is 15.5 Å². The predicted molar refractivity (Wildman–Crippen MR) is 73.2 cm³/mol. The van der Waals surface area contributed by atoms with Crippen LogP contribution in [0.3, 0.4) is 0 Å². The van der Waals surface area contributed by atoms with Crippen LogP contribution in [0.4, 0.5) is 0 Å². The van der Waals surface area contributed by atoms with Gasteiger partial charge in [0.2, 0.25) is 11.8 Å². The molecule has 0 saturated heterocycles. The number of hydrogen-bond acceptors (Lipinski definition) is 3. The fraction of sp³-hybridized carbons (Fsp3) is 0.846. The van der Waals surface area contributed by atoms with E-state index in [2.05, 4.69) is 10.6 Å². The van der Waals surface area contributed by atoms with Gasteiger partial charge in [0.15, 0.2) is 0 Å². The normalized spacial score (nSPS) is 12.3. The summed E-state index contributed by atoms with van der Waals surface area (Å²) in [6, 6.07) is -0.408. The van der Waals surface area contributed by atoms with Gasteiger partial charge in [0.1, 0.15) is 6.04 Å². The number of carbonyl (C=O) groups is 2. The molecule has 2 N–H and O–H groups in total. The van der Waals surface area contributed by atoms with Crippen LogP contribution in [0.15, 0.2) is 0 Å². The molecule has 0 aliphatic carbocycles. The molecule has 0 aliphatic heterocycles. The van der Waals surface area contributed by atoms with Crippen molar-refractivity contribution in [3.8, 4) is 0 Å². The van der Waals surface area contributed by atoms with Gasteiger partial charge in [-0.15, -0.1) is 0 Å². The largest absolute Gasteiger partial charge is 0.347 e. The molecule has 5 heteroatoms. The maximum atomic E-state index is 11.9. The monoisotopic (exact) mass is 257 g/mol. The van der Waals surface area contributed by atoms with Gasteiger partial charge in [0.25, 0.3) is 0 Å². The Morgan fingerprint density at radius 1 is 1.22 bits per heavy atom. The van der Waals surface area contributed by atoms with Gasteiger partial charge in [-0.25, -0.2) is 0 Å². The SMILES string of the molecule is CCNCCC(=O)NC(CC(C)C)C(=O)N(C)C. The quantitative estimate of drug-likeness (QED) is 0.626. The smallest absolute Gasteiger partial charge is 0.244 e. The Balaban J connectivity index is 4.31. The molecule has 0 fully saturated rings. The van der Waals surface area contributed by atoms with Gasteiger partial charge in [0, 0.05) is 27.1 Å². The molecular weight excluding hydrogens is 230 g/mol. The lowest BCUT2D eigenvalue weighted by atomic mass is 10.0.